The highest BCUT2D eigenvalue weighted by Gasteiger charge is 2.32. The smallest absolute Gasteiger partial charge is 0.407 e. The molecule has 0 unspecified atom stereocenters. The van der Waals surface area contributed by atoms with Gasteiger partial charge in [0, 0.05) is 32.6 Å². The number of nitrogens with zero attached hydrogens (tertiary/aromatic N) is 3. The molecule has 0 spiro atoms. The van der Waals surface area contributed by atoms with Gasteiger partial charge < -0.3 is 19.7 Å². The molecule has 2 atom stereocenters. The highest BCUT2D eigenvalue weighted by Crippen LogP contribution is 2.15. The Morgan fingerprint density at radius 2 is 2.19 bits per heavy atom. The first-order valence-corrected chi connectivity index (χ1v) is 8.85. The van der Waals surface area contributed by atoms with Crippen LogP contribution in [0.4, 0.5) is 4.79 Å². The van der Waals surface area contributed by atoms with Gasteiger partial charge in [-0.2, -0.15) is 0 Å². The number of imidazole rings is 1. The molecule has 0 saturated carbocycles. The van der Waals surface area contributed by atoms with Gasteiger partial charge in [-0.25, -0.2) is 9.78 Å². The summed E-state index contributed by atoms with van der Waals surface area (Å²) in [7, 11) is 1.64. The molecule has 0 bridgehead atoms. The summed E-state index contributed by atoms with van der Waals surface area (Å²) < 4.78 is 12.7. The zero-order valence-electron chi connectivity index (χ0n) is 14.6. The van der Waals surface area contributed by atoms with Crippen LogP contribution in [-0.2, 0) is 16.1 Å². The van der Waals surface area contributed by atoms with Crippen molar-refractivity contribution in [1.82, 2.24) is 19.8 Å². The molecule has 8 heteroatoms. The van der Waals surface area contributed by atoms with Crippen molar-refractivity contribution in [2.24, 2.45) is 0 Å². The number of methoxy groups -OCH3 is 1. The van der Waals surface area contributed by atoms with Gasteiger partial charge in [0.1, 0.15) is 12.9 Å². The SMILES string of the molecule is CO[C@H]1CN(C(=S)n2ccnc2)CC[C@H]1NC(=O)OCc1ccccc1. The number of thiocarbonyl (C=S) groups is 1. The van der Waals surface area contributed by atoms with Crippen LogP contribution in [0, 0.1) is 0 Å². The summed E-state index contributed by atoms with van der Waals surface area (Å²) in [5.74, 6) is 0. The number of piperidine rings is 1. The molecule has 2 heterocycles. The molecule has 3 rings (SSSR count). The van der Waals surface area contributed by atoms with Gasteiger partial charge in [-0.05, 0) is 24.2 Å². The maximum Gasteiger partial charge on any atom is 0.407 e. The largest absolute Gasteiger partial charge is 0.445 e. The number of aromatic nitrogens is 2. The molecule has 1 fully saturated rings. The molecular formula is C18H22N4O3S. The first-order valence-electron chi connectivity index (χ1n) is 8.44. The molecule has 1 aliphatic rings. The molecule has 7 nitrogen and oxygen atoms in total. The Hall–Kier alpha value is -2.45. The predicted octanol–water partition coefficient (Wildman–Crippen LogP) is 2.03. The molecule has 1 aromatic heterocycles. The first-order chi connectivity index (χ1) is 12.7. The zero-order chi connectivity index (χ0) is 18.4. The summed E-state index contributed by atoms with van der Waals surface area (Å²) in [6.45, 7) is 1.56. The average molecular weight is 374 g/mol. The van der Waals surface area contributed by atoms with Gasteiger partial charge in [0.15, 0.2) is 5.11 Å². The number of ether oxygens (including phenoxy) is 2. The van der Waals surface area contributed by atoms with E-state index in [4.69, 9.17) is 21.7 Å². The molecule has 0 aliphatic carbocycles. The Labute approximate surface area is 157 Å². The van der Waals surface area contributed by atoms with Gasteiger partial charge in [-0.3, -0.25) is 4.57 Å². The van der Waals surface area contributed by atoms with Crippen molar-refractivity contribution in [3.8, 4) is 0 Å². The van der Waals surface area contributed by atoms with Crippen molar-refractivity contribution < 1.29 is 14.3 Å². The molecule has 0 radical (unpaired) electrons. The normalized spacial score (nSPS) is 19.8. The Morgan fingerprint density at radius 3 is 2.88 bits per heavy atom. The summed E-state index contributed by atoms with van der Waals surface area (Å²) in [5, 5.41) is 3.58. The molecule has 1 aromatic carbocycles. The minimum atomic E-state index is -0.438. The fraction of sp³-hybridized carbons (Fsp3) is 0.389. The molecular weight excluding hydrogens is 352 g/mol. The lowest BCUT2D eigenvalue weighted by atomic mass is 10.0. The van der Waals surface area contributed by atoms with E-state index < -0.39 is 6.09 Å². The molecule has 1 amide bonds. The van der Waals surface area contributed by atoms with Crippen molar-refractivity contribution in [2.45, 2.75) is 25.2 Å². The van der Waals surface area contributed by atoms with Gasteiger partial charge in [0.25, 0.3) is 0 Å². The maximum atomic E-state index is 12.1. The summed E-state index contributed by atoms with van der Waals surface area (Å²) in [4.78, 5) is 18.2. The third kappa shape index (κ3) is 4.59. The summed E-state index contributed by atoms with van der Waals surface area (Å²) in [6.07, 6.45) is 5.29. The number of hydrogen-bond acceptors (Lipinski definition) is 5. The Bertz CT molecular complexity index is 723. The fourth-order valence-corrected chi connectivity index (χ4v) is 3.22. The van der Waals surface area contributed by atoms with Crippen LogP contribution in [0.15, 0.2) is 49.1 Å². The third-order valence-electron chi connectivity index (χ3n) is 4.37. The number of alkyl carbamates (subject to hydrolysis) is 1. The summed E-state index contributed by atoms with van der Waals surface area (Å²) in [5.41, 5.74) is 0.950. The van der Waals surface area contributed by atoms with Crippen LogP contribution in [0.3, 0.4) is 0 Å². The summed E-state index contributed by atoms with van der Waals surface area (Å²) in [6, 6.07) is 9.47. The Balaban J connectivity index is 1.51. The zero-order valence-corrected chi connectivity index (χ0v) is 15.4. The van der Waals surface area contributed by atoms with Crippen molar-refractivity contribution in [1.29, 1.82) is 0 Å². The van der Waals surface area contributed by atoms with E-state index in [1.165, 1.54) is 0 Å². The number of carbonyl (C=O) groups is 1. The molecule has 1 saturated heterocycles. The number of hydrogen-bond donors (Lipinski definition) is 1. The standard InChI is InChI=1S/C18H22N4O3S/c1-24-16-11-21(18(26)22-10-8-19-13-22)9-7-15(16)20-17(23)25-12-14-5-3-2-4-6-14/h2-6,8,10,13,15-16H,7,9,11-12H2,1H3,(H,20,23)/t15-,16+/m1/s1. The van der Waals surface area contributed by atoms with Crippen LogP contribution in [0.2, 0.25) is 0 Å². The minimum Gasteiger partial charge on any atom is -0.445 e. The van der Waals surface area contributed by atoms with E-state index in [1.807, 2.05) is 36.5 Å². The van der Waals surface area contributed by atoms with E-state index in [-0.39, 0.29) is 18.8 Å². The van der Waals surface area contributed by atoms with Gasteiger partial charge in [-0.1, -0.05) is 30.3 Å². The van der Waals surface area contributed by atoms with Crippen LogP contribution < -0.4 is 5.32 Å². The predicted molar refractivity (Wildman–Crippen MR) is 101 cm³/mol. The van der Waals surface area contributed by atoms with Crippen LogP contribution in [-0.4, -0.2) is 58.0 Å². The van der Waals surface area contributed by atoms with Crippen molar-refractivity contribution in [3.05, 3.63) is 54.6 Å². The van der Waals surface area contributed by atoms with E-state index in [2.05, 4.69) is 15.2 Å². The number of rotatable bonds is 4. The number of benzene rings is 1. The van der Waals surface area contributed by atoms with E-state index in [0.717, 1.165) is 12.1 Å². The van der Waals surface area contributed by atoms with E-state index in [0.29, 0.717) is 18.1 Å². The summed E-state index contributed by atoms with van der Waals surface area (Å²) >= 11 is 5.50. The number of likely N-dealkylation sites (tertiary alicyclic amines) is 1. The lowest BCUT2D eigenvalue weighted by Crippen LogP contribution is -2.56. The lowest BCUT2D eigenvalue weighted by Gasteiger charge is -2.38. The van der Waals surface area contributed by atoms with E-state index >= 15 is 0 Å². The van der Waals surface area contributed by atoms with Gasteiger partial charge in [0.05, 0.1) is 12.1 Å². The highest BCUT2D eigenvalue weighted by atomic mass is 32.1. The van der Waals surface area contributed by atoms with Crippen molar-refractivity contribution in [3.63, 3.8) is 0 Å². The quantitative estimate of drug-likeness (QED) is 0.826. The van der Waals surface area contributed by atoms with Gasteiger partial charge in [-0.15, -0.1) is 0 Å². The fourth-order valence-electron chi connectivity index (χ4n) is 2.95. The van der Waals surface area contributed by atoms with E-state index in [9.17, 15) is 4.79 Å². The van der Waals surface area contributed by atoms with Crippen LogP contribution in [0.1, 0.15) is 12.0 Å². The highest BCUT2D eigenvalue weighted by molar-refractivity contribution is 7.80. The van der Waals surface area contributed by atoms with Gasteiger partial charge >= 0.3 is 6.09 Å². The van der Waals surface area contributed by atoms with Crippen molar-refractivity contribution in [2.75, 3.05) is 20.2 Å². The monoisotopic (exact) mass is 374 g/mol. The second-order valence-electron chi connectivity index (χ2n) is 6.07. The Morgan fingerprint density at radius 1 is 1.38 bits per heavy atom. The molecule has 2 aromatic rings. The first kappa shape index (κ1) is 18.3. The lowest BCUT2D eigenvalue weighted by molar-refractivity contribution is 0.0235. The number of amides is 1. The maximum absolute atomic E-state index is 12.1. The van der Waals surface area contributed by atoms with Crippen LogP contribution in [0.5, 0.6) is 0 Å². The topological polar surface area (TPSA) is 68.6 Å². The second kappa shape index (κ2) is 8.77. The average Bonchev–Trinajstić information content (AvgIpc) is 3.22. The minimum absolute atomic E-state index is 0.120. The molecule has 26 heavy (non-hydrogen) atoms. The van der Waals surface area contributed by atoms with Crippen LogP contribution in [0.25, 0.3) is 0 Å². The second-order valence-corrected chi connectivity index (χ2v) is 6.44. The third-order valence-corrected chi connectivity index (χ3v) is 4.84. The van der Waals surface area contributed by atoms with Crippen LogP contribution >= 0.6 is 12.2 Å². The molecule has 1 aliphatic heterocycles. The Kier molecular flexibility index (Phi) is 6.19. The van der Waals surface area contributed by atoms with Gasteiger partial charge in [0.2, 0.25) is 0 Å². The number of nitrogens with one attached hydrogen (secondary N) is 1. The molecule has 138 valence electrons. The molecule has 1 N–H and O–H groups in total. The van der Waals surface area contributed by atoms with E-state index in [1.54, 1.807) is 24.2 Å². The number of carbonyl (C=O) groups excluding carboxylic acids is 1. The van der Waals surface area contributed by atoms with Crippen molar-refractivity contribution >= 4 is 23.4 Å².